The summed E-state index contributed by atoms with van der Waals surface area (Å²) in [6, 6.07) is 0. The summed E-state index contributed by atoms with van der Waals surface area (Å²) in [5.74, 6) is -2.23. The van der Waals surface area contributed by atoms with Gasteiger partial charge in [-0.1, -0.05) is 0 Å². The molecular weight excluding hydrogens is 196 g/mol. The topological polar surface area (TPSA) is 120 Å². The summed E-state index contributed by atoms with van der Waals surface area (Å²) in [6.45, 7) is -0.662. The molecule has 1 fully saturated rings. The Kier molecular flexibility index (Phi) is 3.43. The molecule has 0 saturated carbocycles. The van der Waals surface area contributed by atoms with Crippen LogP contribution in [-0.2, 0) is 9.47 Å². The molecule has 84 valence electrons. The Labute approximate surface area is 80.1 Å². The van der Waals surface area contributed by atoms with Crippen molar-refractivity contribution in [1.29, 1.82) is 0 Å². The van der Waals surface area contributed by atoms with E-state index in [2.05, 4.69) is 9.47 Å². The van der Waals surface area contributed by atoms with Gasteiger partial charge in [-0.2, -0.15) is 0 Å². The molecule has 0 aliphatic carbocycles. The second-order valence-corrected chi connectivity index (χ2v) is 3.09. The Bertz CT molecular complexity index is 194. The van der Waals surface area contributed by atoms with Crippen LogP contribution in [0.4, 0.5) is 0 Å². The average Bonchev–Trinajstić information content (AvgIpc) is 2.20. The lowest BCUT2D eigenvalue weighted by Crippen LogP contribution is -2.67. The van der Waals surface area contributed by atoms with Gasteiger partial charge in [-0.05, 0) is 0 Å². The third-order valence-corrected chi connectivity index (χ3v) is 2.30. The van der Waals surface area contributed by atoms with Gasteiger partial charge in [-0.25, -0.2) is 0 Å². The highest BCUT2D eigenvalue weighted by Gasteiger charge is 2.54. The zero-order chi connectivity index (χ0) is 10.9. The Hall–Kier alpha value is -0.280. The molecule has 1 rings (SSSR count). The molecule has 1 aliphatic heterocycles. The Balaban J connectivity index is 2.89. The van der Waals surface area contributed by atoms with Crippen LogP contribution in [0.25, 0.3) is 0 Å². The van der Waals surface area contributed by atoms with Crippen LogP contribution in [0.1, 0.15) is 0 Å². The summed E-state index contributed by atoms with van der Waals surface area (Å²) < 4.78 is 9.21. The Morgan fingerprint density at radius 2 is 1.93 bits per heavy atom. The van der Waals surface area contributed by atoms with Gasteiger partial charge in [0.2, 0.25) is 5.79 Å². The van der Waals surface area contributed by atoms with Crippen LogP contribution in [0, 0.1) is 0 Å². The minimum atomic E-state index is -2.23. The lowest BCUT2D eigenvalue weighted by Gasteiger charge is -2.45. The molecule has 0 aromatic carbocycles. The number of hydrogen-bond acceptors (Lipinski definition) is 7. The molecule has 0 aromatic heterocycles. The molecular formula is C7H14O7. The minimum Gasteiger partial charge on any atom is -0.393 e. The van der Waals surface area contributed by atoms with Crippen molar-refractivity contribution in [1.82, 2.24) is 0 Å². The fraction of sp³-hybridized carbons (Fsp3) is 1.00. The zero-order valence-electron chi connectivity index (χ0n) is 7.57. The number of methoxy groups -OCH3 is 1. The number of aliphatic hydroxyl groups is 5. The standard InChI is InChI=1S/C7H14O7/c1-13-7(12)3(2-8)14-6(11)4(9)5(7)10/h3-6,8-12H,2H2,1H3/t3-,4-,5-,6-,7+/m1/s1. The van der Waals surface area contributed by atoms with E-state index >= 15 is 0 Å². The Morgan fingerprint density at radius 3 is 2.36 bits per heavy atom. The van der Waals surface area contributed by atoms with E-state index in [4.69, 9.17) is 10.2 Å². The van der Waals surface area contributed by atoms with Gasteiger partial charge >= 0.3 is 0 Å². The van der Waals surface area contributed by atoms with Crippen LogP contribution in [0.5, 0.6) is 0 Å². The maximum absolute atomic E-state index is 9.67. The van der Waals surface area contributed by atoms with E-state index < -0.39 is 37.0 Å². The van der Waals surface area contributed by atoms with Crippen LogP contribution in [0.15, 0.2) is 0 Å². The molecule has 1 heterocycles. The van der Waals surface area contributed by atoms with Crippen molar-refractivity contribution in [2.45, 2.75) is 30.4 Å². The molecule has 7 nitrogen and oxygen atoms in total. The summed E-state index contributed by atoms with van der Waals surface area (Å²) >= 11 is 0. The molecule has 5 N–H and O–H groups in total. The fourth-order valence-corrected chi connectivity index (χ4v) is 1.36. The van der Waals surface area contributed by atoms with E-state index in [0.717, 1.165) is 7.11 Å². The van der Waals surface area contributed by atoms with Crippen molar-refractivity contribution in [2.24, 2.45) is 0 Å². The van der Waals surface area contributed by atoms with Crippen LogP contribution < -0.4 is 0 Å². The van der Waals surface area contributed by atoms with Crippen LogP contribution in [0.2, 0.25) is 0 Å². The van der Waals surface area contributed by atoms with Gasteiger partial charge < -0.3 is 35.0 Å². The third-order valence-electron chi connectivity index (χ3n) is 2.30. The van der Waals surface area contributed by atoms with Gasteiger partial charge in [0.15, 0.2) is 6.29 Å². The van der Waals surface area contributed by atoms with E-state index in [0.29, 0.717) is 0 Å². The summed E-state index contributed by atoms with van der Waals surface area (Å²) in [7, 11) is 1.08. The summed E-state index contributed by atoms with van der Waals surface area (Å²) in [4.78, 5) is 0. The van der Waals surface area contributed by atoms with Gasteiger partial charge in [0, 0.05) is 7.11 Å². The molecule has 7 heteroatoms. The number of ether oxygens (including phenoxy) is 2. The number of aliphatic hydroxyl groups excluding tert-OH is 4. The van der Waals surface area contributed by atoms with Crippen molar-refractivity contribution >= 4 is 0 Å². The molecule has 0 bridgehead atoms. The predicted octanol–water partition coefficient (Wildman–Crippen LogP) is -3.25. The predicted molar refractivity (Wildman–Crippen MR) is 41.9 cm³/mol. The van der Waals surface area contributed by atoms with Crippen molar-refractivity contribution in [2.75, 3.05) is 13.7 Å². The normalized spacial score (nSPS) is 49.3. The van der Waals surface area contributed by atoms with Crippen molar-refractivity contribution in [3.63, 3.8) is 0 Å². The van der Waals surface area contributed by atoms with E-state index in [1.165, 1.54) is 0 Å². The first-order valence-electron chi connectivity index (χ1n) is 4.05. The molecule has 0 radical (unpaired) electrons. The Morgan fingerprint density at radius 1 is 1.36 bits per heavy atom. The molecule has 0 unspecified atom stereocenters. The van der Waals surface area contributed by atoms with Gasteiger partial charge in [-0.15, -0.1) is 0 Å². The molecule has 0 amide bonds. The molecule has 0 spiro atoms. The van der Waals surface area contributed by atoms with E-state index in [-0.39, 0.29) is 0 Å². The zero-order valence-corrected chi connectivity index (χ0v) is 7.57. The highest BCUT2D eigenvalue weighted by atomic mass is 16.7. The highest BCUT2D eigenvalue weighted by Crippen LogP contribution is 2.29. The van der Waals surface area contributed by atoms with E-state index in [9.17, 15) is 15.3 Å². The van der Waals surface area contributed by atoms with Crippen LogP contribution in [0.3, 0.4) is 0 Å². The summed E-state index contributed by atoms with van der Waals surface area (Å²) in [6.07, 6.45) is -6.44. The van der Waals surface area contributed by atoms with Crippen molar-refractivity contribution < 1.29 is 35.0 Å². The van der Waals surface area contributed by atoms with Crippen molar-refractivity contribution in [3.05, 3.63) is 0 Å². The molecule has 14 heavy (non-hydrogen) atoms. The van der Waals surface area contributed by atoms with Crippen LogP contribution >= 0.6 is 0 Å². The van der Waals surface area contributed by atoms with Gasteiger partial charge in [0.1, 0.15) is 18.3 Å². The SMILES string of the molecule is CO[C@]1(O)[C@H](O)[C@@H](O)[C@H](O)O[C@@H]1CO. The second kappa shape index (κ2) is 4.07. The largest absolute Gasteiger partial charge is 0.393 e. The molecule has 1 saturated heterocycles. The van der Waals surface area contributed by atoms with Gasteiger partial charge in [0.25, 0.3) is 0 Å². The first-order chi connectivity index (χ1) is 6.47. The summed E-state index contributed by atoms with van der Waals surface area (Å²) in [5, 5.41) is 46.1. The summed E-state index contributed by atoms with van der Waals surface area (Å²) in [5.41, 5.74) is 0. The first-order valence-corrected chi connectivity index (χ1v) is 4.05. The average molecular weight is 210 g/mol. The third kappa shape index (κ3) is 1.63. The molecule has 1 aliphatic rings. The molecule has 5 atom stereocenters. The van der Waals surface area contributed by atoms with Crippen molar-refractivity contribution in [3.8, 4) is 0 Å². The van der Waals surface area contributed by atoms with Crippen LogP contribution in [-0.4, -0.2) is 69.6 Å². The second-order valence-electron chi connectivity index (χ2n) is 3.09. The van der Waals surface area contributed by atoms with E-state index in [1.807, 2.05) is 0 Å². The smallest absolute Gasteiger partial charge is 0.224 e. The first kappa shape index (κ1) is 11.8. The lowest BCUT2D eigenvalue weighted by atomic mass is 9.95. The quantitative estimate of drug-likeness (QED) is 0.304. The fourth-order valence-electron chi connectivity index (χ4n) is 1.36. The maximum atomic E-state index is 9.67. The van der Waals surface area contributed by atoms with Gasteiger partial charge in [0.05, 0.1) is 6.61 Å². The molecule has 0 aromatic rings. The lowest BCUT2D eigenvalue weighted by molar-refractivity contribution is -0.386. The van der Waals surface area contributed by atoms with Gasteiger partial charge in [-0.3, -0.25) is 0 Å². The number of hydrogen-bond donors (Lipinski definition) is 5. The highest BCUT2D eigenvalue weighted by molar-refractivity contribution is 4.95. The van der Waals surface area contributed by atoms with E-state index in [1.54, 1.807) is 0 Å². The monoisotopic (exact) mass is 210 g/mol. The minimum absolute atomic E-state index is 0.662. The maximum Gasteiger partial charge on any atom is 0.224 e. The number of rotatable bonds is 2.